The Bertz CT molecular complexity index is 725. The van der Waals surface area contributed by atoms with Crippen molar-refractivity contribution < 1.29 is 14.6 Å². The number of para-hydroxylation sites is 1. The topological polar surface area (TPSA) is 72.6 Å². The van der Waals surface area contributed by atoms with Crippen molar-refractivity contribution in [1.82, 2.24) is 14.8 Å². The van der Waals surface area contributed by atoms with Gasteiger partial charge in [-0.2, -0.15) is 0 Å². The first-order valence-electron chi connectivity index (χ1n) is 8.95. The highest BCUT2D eigenvalue weighted by atomic mass is 16.5. The standard InChI is InChI=1S/C20H28N4O3/c1-5-13-23(14-6-2)20-22-21-18(12-7-8-15-25)24(20)19-16(26-3)10-9-11-17(19)27-4/h5-6,9-11,25H,1-2,7-8,12-15H2,3-4H3. The summed E-state index contributed by atoms with van der Waals surface area (Å²) in [7, 11) is 3.25. The van der Waals surface area contributed by atoms with Gasteiger partial charge in [0.1, 0.15) is 23.0 Å². The lowest BCUT2D eigenvalue weighted by Gasteiger charge is -2.23. The van der Waals surface area contributed by atoms with Gasteiger partial charge in [0.25, 0.3) is 0 Å². The minimum Gasteiger partial charge on any atom is -0.494 e. The predicted octanol–water partition coefficient (Wildman–Crippen LogP) is 2.78. The summed E-state index contributed by atoms with van der Waals surface area (Å²) in [6.07, 6.45) is 5.80. The van der Waals surface area contributed by atoms with Crippen LogP contribution >= 0.6 is 0 Å². The number of rotatable bonds is 12. The number of ether oxygens (including phenoxy) is 2. The molecule has 0 saturated heterocycles. The third-order valence-electron chi connectivity index (χ3n) is 4.13. The first-order chi connectivity index (χ1) is 13.2. The van der Waals surface area contributed by atoms with Crippen molar-refractivity contribution in [3.8, 4) is 17.2 Å². The number of aliphatic hydroxyl groups is 1. The molecule has 0 bridgehead atoms. The van der Waals surface area contributed by atoms with Gasteiger partial charge in [-0.15, -0.1) is 23.4 Å². The number of benzene rings is 1. The molecule has 0 spiro atoms. The third-order valence-corrected chi connectivity index (χ3v) is 4.13. The van der Waals surface area contributed by atoms with Crippen molar-refractivity contribution in [3.63, 3.8) is 0 Å². The van der Waals surface area contributed by atoms with E-state index < -0.39 is 0 Å². The van der Waals surface area contributed by atoms with Crippen LogP contribution in [-0.2, 0) is 6.42 Å². The molecular formula is C20H28N4O3. The molecule has 2 rings (SSSR count). The van der Waals surface area contributed by atoms with Gasteiger partial charge in [0.15, 0.2) is 0 Å². The molecule has 0 fully saturated rings. The van der Waals surface area contributed by atoms with Crippen LogP contribution in [-0.4, -0.2) is 53.8 Å². The fourth-order valence-electron chi connectivity index (χ4n) is 2.90. The summed E-state index contributed by atoms with van der Waals surface area (Å²) in [4.78, 5) is 2.02. The van der Waals surface area contributed by atoms with Gasteiger partial charge in [-0.3, -0.25) is 4.57 Å². The minimum absolute atomic E-state index is 0.151. The Hall–Kier alpha value is -2.80. The van der Waals surface area contributed by atoms with Crippen molar-refractivity contribution in [2.45, 2.75) is 19.3 Å². The van der Waals surface area contributed by atoms with Gasteiger partial charge in [0.2, 0.25) is 5.95 Å². The lowest BCUT2D eigenvalue weighted by atomic mass is 10.2. The highest BCUT2D eigenvalue weighted by Gasteiger charge is 2.23. The molecule has 0 amide bonds. The van der Waals surface area contributed by atoms with Gasteiger partial charge in [-0.05, 0) is 25.0 Å². The van der Waals surface area contributed by atoms with Crippen LogP contribution in [0.25, 0.3) is 5.69 Å². The molecule has 1 N–H and O–H groups in total. The van der Waals surface area contributed by atoms with Crippen LogP contribution in [0.2, 0.25) is 0 Å². The van der Waals surface area contributed by atoms with Crippen molar-refractivity contribution in [3.05, 3.63) is 49.3 Å². The number of aromatic nitrogens is 3. The molecule has 0 saturated carbocycles. The van der Waals surface area contributed by atoms with Crippen LogP contribution in [0.3, 0.4) is 0 Å². The van der Waals surface area contributed by atoms with Gasteiger partial charge < -0.3 is 19.5 Å². The zero-order chi connectivity index (χ0) is 19.6. The van der Waals surface area contributed by atoms with Crippen LogP contribution in [0.1, 0.15) is 18.7 Å². The molecule has 0 aliphatic carbocycles. The van der Waals surface area contributed by atoms with Crippen molar-refractivity contribution in [2.24, 2.45) is 0 Å². The second-order valence-corrected chi connectivity index (χ2v) is 5.93. The first-order valence-corrected chi connectivity index (χ1v) is 8.95. The lowest BCUT2D eigenvalue weighted by molar-refractivity contribution is 0.284. The third kappa shape index (κ3) is 4.68. The van der Waals surface area contributed by atoms with Gasteiger partial charge in [0.05, 0.1) is 14.2 Å². The van der Waals surface area contributed by atoms with Crippen LogP contribution in [0, 0.1) is 0 Å². The maximum Gasteiger partial charge on any atom is 0.232 e. The summed E-state index contributed by atoms with van der Waals surface area (Å²) in [6.45, 7) is 9.01. The molecule has 7 nitrogen and oxygen atoms in total. The van der Waals surface area contributed by atoms with Crippen molar-refractivity contribution >= 4 is 5.95 Å². The Labute approximate surface area is 160 Å². The fourth-order valence-corrected chi connectivity index (χ4v) is 2.90. The quantitative estimate of drug-likeness (QED) is 0.456. The van der Waals surface area contributed by atoms with Crippen LogP contribution in [0.4, 0.5) is 5.95 Å². The second kappa shape index (κ2) is 10.4. The van der Waals surface area contributed by atoms with E-state index in [1.54, 1.807) is 14.2 Å². The van der Waals surface area contributed by atoms with E-state index in [0.717, 1.165) is 17.9 Å². The van der Waals surface area contributed by atoms with E-state index in [9.17, 15) is 0 Å². The molecule has 0 atom stereocenters. The fraction of sp³-hybridized carbons (Fsp3) is 0.400. The predicted molar refractivity (Wildman–Crippen MR) is 107 cm³/mol. The molecule has 1 aromatic heterocycles. The molecule has 0 radical (unpaired) electrons. The summed E-state index contributed by atoms with van der Waals surface area (Å²) >= 11 is 0. The van der Waals surface area contributed by atoms with E-state index >= 15 is 0 Å². The monoisotopic (exact) mass is 372 g/mol. The van der Waals surface area contributed by atoms with E-state index in [2.05, 4.69) is 23.4 Å². The molecule has 0 unspecified atom stereocenters. The number of aryl methyl sites for hydroxylation is 1. The van der Waals surface area contributed by atoms with E-state index in [-0.39, 0.29) is 6.61 Å². The molecule has 1 aromatic carbocycles. The number of nitrogens with zero attached hydrogens (tertiary/aromatic N) is 4. The molecule has 7 heteroatoms. The number of anilines is 1. The Morgan fingerprint density at radius 2 is 1.70 bits per heavy atom. The summed E-state index contributed by atoms with van der Waals surface area (Å²) in [6, 6.07) is 5.64. The maximum atomic E-state index is 9.12. The zero-order valence-electron chi connectivity index (χ0n) is 16.1. The largest absolute Gasteiger partial charge is 0.494 e. The lowest BCUT2D eigenvalue weighted by Crippen LogP contribution is -2.27. The Morgan fingerprint density at radius 1 is 1.07 bits per heavy atom. The van der Waals surface area contributed by atoms with E-state index in [1.807, 2.05) is 39.8 Å². The number of aliphatic hydroxyl groups excluding tert-OH is 1. The van der Waals surface area contributed by atoms with Crippen LogP contribution in [0.5, 0.6) is 11.5 Å². The van der Waals surface area contributed by atoms with Crippen LogP contribution in [0.15, 0.2) is 43.5 Å². The Kier molecular flexibility index (Phi) is 7.88. The molecule has 146 valence electrons. The highest BCUT2D eigenvalue weighted by Crippen LogP contribution is 2.36. The minimum atomic E-state index is 0.151. The second-order valence-electron chi connectivity index (χ2n) is 5.93. The highest BCUT2D eigenvalue weighted by molar-refractivity contribution is 5.61. The van der Waals surface area contributed by atoms with E-state index in [1.165, 1.54) is 0 Å². The van der Waals surface area contributed by atoms with Crippen molar-refractivity contribution in [1.29, 1.82) is 0 Å². The summed E-state index contributed by atoms with van der Waals surface area (Å²) in [5, 5.41) is 18.0. The Balaban J connectivity index is 2.65. The van der Waals surface area contributed by atoms with E-state index in [4.69, 9.17) is 14.6 Å². The number of methoxy groups -OCH3 is 2. The summed E-state index contributed by atoms with van der Waals surface area (Å²) in [5.74, 6) is 2.77. The molecular weight excluding hydrogens is 344 g/mol. The van der Waals surface area contributed by atoms with Crippen LogP contribution < -0.4 is 14.4 Å². The number of unbranched alkanes of at least 4 members (excludes halogenated alkanes) is 1. The van der Waals surface area contributed by atoms with Gasteiger partial charge in [-0.1, -0.05) is 18.2 Å². The number of hydrogen-bond acceptors (Lipinski definition) is 6. The smallest absolute Gasteiger partial charge is 0.232 e. The van der Waals surface area contributed by atoms with E-state index in [0.29, 0.717) is 43.4 Å². The molecule has 0 aliphatic rings. The van der Waals surface area contributed by atoms with Crippen molar-refractivity contribution in [2.75, 3.05) is 38.8 Å². The molecule has 0 aliphatic heterocycles. The molecule has 27 heavy (non-hydrogen) atoms. The van der Waals surface area contributed by atoms with Gasteiger partial charge in [0, 0.05) is 26.1 Å². The molecule has 1 heterocycles. The number of hydrogen-bond donors (Lipinski definition) is 1. The SMILES string of the molecule is C=CCN(CC=C)c1nnc(CCCCO)n1-c1c(OC)cccc1OC. The Morgan fingerprint density at radius 3 is 2.22 bits per heavy atom. The first kappa shape index (κ1) is 20.5. The summed E-state index contributed by atoms with van der Waals surface area (Å²) in [5.41, 5.74) is 0.750. The molecule has 2 aromatic rings. The maximum absolute atomic E-state index is 9.12. The van der Waals surface area contributed by atoms with Gasteiger partial charge >= 0.3 is 0 Å². The average molecular weight is 372 g/mol. The van der Waals surface area contributed by atoms with Gasteiger partial charge in [-0.25, -0.2) is 0 Å². The zero-order valence-corrected chi connectivity index (χ0v) is 16.1. The normalized spacial score (nSPS) is 10.5. The average Bonchev–Trinajstić information content (AvgIpc) is 3.10. The summed E-state index contributed by atoms with van der Waals surface area (Å²) < 4.78 is 13.1.